The van der Waals surface area contributed by atoms with Gasteiger partial charge in [-0.3, -0.25) is 4.79 Å². The molecule has 0 spiro atoms. The molecule has 0 saturated carbocycles. The second kappa shape index (κ2) is 10.3. The second-order valence-electron chi connectivity index (χ2n) is 6.75. The molecule has 150 valence electrons. The van der Waals surface area contributed by atoms with Crippen LogP contribution in [0.15, 0.2) is 53.4 Å². The van der Waals surface area contributed by atoms with Crippen LogP contribution in [0.3, 0.4) is 0 Å². The highest BCUT2D eigenvalue weighted by molar-refractivity contribution is 7.99. The summed E-state index contributed by atoms with van der Waals surface area (Å²) in [6, 6.07) is 15.6. The fraction of sp³-hybridized carbons (Fsp3) is 0.409. The van der Waals surface area contributed by atoms with Crippen molar-refractivity contribution in [1.29, 1.82) is 0 Å². The first kappa shape index (κ1) is 20.4. The lowest BCUT2D eigenvalue weighted by Gasteiger charge is -2.31. The van der Waals surface area contributed by atoms with Crippen LogP contribution < -0.4 is 14.2 Å². The van der Waals surface area contributed by atoms with Crippen molar-refractivity contribution in [2.75, 3.05) is 39.7 Å². The number of hydrogen-bond acceptors (Lipinski definition) is 5. The van der Waals surface area contributed by atoms with Gasteiger partial charge in [0.05, 0.1) is 14.2 Å². The average Bonchev–Trinajstić information content (AvgIpc) is 2.77. The second-order valence-corrected chi connectivity index (χ2v) is 7.84. The number of carbonyl (C=O) groups excluding carboxylic acids is 1. The number of likely N-dealkylation sites (tertiary alicyclic amines) is 1. The van der Waals surface area contributed by atoms with E-state index in [1.165, 1.54) is 4.90 Å². The van der Waals surface area contributed by atoms with Crippen LogP contribution in [-0.2, 0) is 4.79 Å². The smallest absolute Gasteiger partial charge is 0.260 e. The Bertz CT molecular complexity index is 757. The minimum atomic E-state index is 0.0344. The largest absolute Gasteiger partial charge is 0.497 e. The highest BCUT2D eigenvalue weighted by Crippen LogP contribution is 2.28. The maximum absolute atomic E-state index is 12.5. The summed E-state index contributed by atoms with van der Waals surface area (Å²) in [5.74, 6) is 3.87. The number of methoxy groups -OCH3 is 2. The molecule has 1 aliphatic heterocycles. The normalized spacial score (nSPS) is 14.6. The number of para-hydroxylation sites is 2. The van der Waals surface area contributed by atoms with Crippen LogP contribution in [0.25, 0.3) is 0 Å². The van der Waals surface area contributed by atoms with Gasteiger partial charge < -0.3 is 19.1 Å². The summed E-state index contributed by atoms with van der Waals surface area (Å²) >= 11 is 1.87. The van der Waals surface area contributed by atoms with Crippen LogP contribution >= 0.6 is 11.8 Å². The molecule has 1 amide bonds. The van der Waals surface area contributed by atoms with E-state index in [0.717, 1.165) is 37.4 Å². The summed E-state index contributed by atoms with van der Waals surface area (Å²) in [4.78, 5) is 15.6. The van der Waals surface area contributed by atoms with Crippen molar-refractivity contribution in [2.24, 2.45) is 5.92 Å². The molecular formula is C22H27NO4S. The first-order chi connectivity index (χ1) is 13.7. The van der Waals surface area contributed by atoms with E-state index in [0.29, 0.717) is 17.4 Å². The van der Waals surface area contributed by atoms with E-state index >= 15 is 0 Å². The molecule has 1 saturated heterocycles. The summed E-state index contributed by atoms with van der Waals surface area (Å²) in [6.07, 6.45) is 2.06. The van der Waals surface area contributed by atoms with Crippen molar-refractivity contribution < 1.29 is 19.0 Å². The Kier molecular flexibility index (Phi) is 7.48. The molecule has 1 heterocycles. The van der Waals surface area contributed by atoms with Crippen LogP contribution in [0, 0.1) is 5.92 Å². The Labute approximate surface area is 171 Å². The third-order valence-electron chi connectivity index (χ3n) is 4.93. The van der Waals surface area contributed by atoms with Crippen molar-refractivity contribution in [1.82, 2.24) is 4.90 Å². The van der Waals surface area contributed by atoms with Crippen LogP contribution in [0.2, 0.25) is 0 Å². The van der Waals surface area contributed by atoms with Gasteiger partial charge in [-0.15, -0.1) is 11.8 Å². The zero-order valence-corrected chi connectivity index (χ0v) is 17.2. The predicted octanol–water partition coefficient (Wildman–Crippen LogP) is 4.11. The number of hydrogen-bond donors (Lipinski definition) is 0. The first-order valence-corrected chi connectivity index (χ1v) is 10.5. The highest BCUT2D eigenvalue weighted by Gasteiger charge is 2.23. The van der Waals surface area contributed by atoms with Gasteiger partial charge in [-0.05, 0) is 55.2 Å². The lowest BCUT2D eigenvalue weighted by Crippen LogP contribution is -2.41. The Morgan fingerprint density at radius 3 is 2.32 bits per heavy atom. The number of amides is 1. The number of nitrogens with zero attached hydrogens (tertiary/aromatic N) is 1. The molecule has 0 radical (unpaired) electrons. The lowest BCUT2D eigenvalue weighted by atomic mass is 9.99. The number of piperidine rings is 1. The van der Waals surface area contributed by atoms with Gasteiger partial charge in [-0.1, -0.05) is 12.1 Å². The molecule has 1 aliphatic rings. The zero-order chi connectivity index (χ0) is 19.8. The predicted molar refractivity (Wildman–Crippen MR) is 112 cm³/mol. The van der Waals surface area contributed by atoms with Gasteiger partial charge in [-0.2, -0.15) is 0 Å². The highest BCUT2D eigenvalue weighted by atomic mass is 32.2. The van der Waals surface area contributed by atoms with Gasteiger partial charge in [-0.25, -0.2) is 0 Å². The van der Waals surface area contributed by atoms with Gasteiger partial charge in [0, 0.05) is 23.7 Å². The molecule has 2 aromatic carbocycles. The van der Waals surface area contributed by atoms with E-state index < -0.39 is 0 Å². The van der Waals surface area contributed by atoms with Crippen molar-refractivity contribution in [3.05, 3.63) is 48.5 Å². The summed E-state index contributed by atoms with van der Waals surface area (Å²) < 4.78 is 16.1. The van der Waals surface area contributed by atoms with E-state index in [1.807, 2.05) is 53.1 Å². The van der Waals surface area contributed by atoms with Gasteiger partial charge >= 0.3 is 0 Å². The van der Waals surface area contributed by atoms with Crippen molar-refractivity contribution in [2.45, 2.75) is 17.7 Å². The maximum Gasteiger partial charge on any atom is 0.260 e. The van der Waals surface area contributed by atoms with E-state index in [1.54, 1.807) is 14.2 Å². The summed E-state index contributed by atoms with van der Waals surface area (Å²) in [5.41, 5.74) is 0. The number of ether oxygens (including phenoxy) is 3. The average molecular weight is 402 g/mol. The molecule has 3 rings (SSSR count). The Morgan fingerprint density at radius 2 is 1.68 bits per heavy atom. The van der Waals surface area contributed by atoms with E-state index in [-0.39, 0.29) is 12.5 Å². The molecule has 5 nitrogen and oxygen atoms in total. The van der Waals surface area contributed by atoms with Crippen LogP contribution in [0.1, 0.15) is 12.8 Å². The quantitative estimate of drug-likeness (QED) is 0.623. The molecule has 28 heavy (non-hydrogen) atoms. The Morgan fingerprint density at radius 1 is 1.00 bits per heavy atom. The standard InChI is InChI=1S/C22H27NO4S/c1-25-18-7-9-19(10-8-18)28-16-17-11-13-23(14-12-17)22(24)15-27-21-6-4-3-5-20(21)26-2/h3-10,17H,11-16H2,1-2H3. The zero-order valence-electron chi connectivity index (χ0n) is 16.4. The van der Waals surface area contributed by atoms with Crippen LogP contribution in [0.4, 0.5) is 0 Å². The topological polar surface area (TPSA) is 48.0 Å². The fourth-order valence-corrected chi connectivity index (χ4v) is 4.29. The summed E-state index contributed by atoms with van der Waals surface area (Å²) in [7, 11) is 3.28. The third-order valence-corrected chi connectivity index (χ3v) is 6.18. The van der Waals surface area contributed by atoms with Gasteiger partial charge in [0.25, 0.3) is 5.91 Å². The van der Waals surface area contributed by atoms with Crippen LogP contribution in [0.5, 0.6) is 17.2 Å². The monoisotopic (exact) mass is 401 g/mol. The number of benzene rings is 2. The van der Waals surface area contributed by atoms with E-state index in [4.69, 9.17) is 14.2 Å². The van der Waals surface area contributed by atoms with Crippen molar-refractivity contribution in [3.8, 4) is 17.2 Å². The third kappa shape index (κ3) is 5.58. The molecule has 2 aromatic rings. The molecule has 0 bridgehead atoms. The number of thioether (sulfide) groups is 1. The molecule has 1 fully saturated rings. The van der Waals surface area contributed by atoms with E-state index in [9.17, 15) is 4.79 Å². The Balaban J connectivity index is 1.39. The first-order valence-electron chi connectivity index (χ1n) is 9.50. The molecule has 0 aliphatic carbocycles. The van der Waals surface area contributed by atoms with Gasteiger partial charge in [0.15, 0.2) is 18.1 Å². The minimum absolute atomic E-state index is 0.0344. The van der Waals surface area contributed by atoms with E-state index in [2.05, 4.69) is 12.1 Å². The van der Waals surface area contributed by atoms with Gasteiger partial charge in [0.1, 0.15) is 5.75 Å². The molecule has 0 N–H and O–H groups in total. The molecule has 0 unspecified atom stereocenters. The molecule has 6 heteroatoms. The fourth-order valence-electron chi connectivity index (χ4n) is 3.20. The van der Waals surface area contributed by atoms with Crippen LogP contribution in [-0.4, -0.2) is 50.5 Å². The maximum atomic E-state index is 12.5. The molecule has 0 atom stereocenters. The molecular weight excluding hydrogens is 374 g/mol. The number of rotatable bonds is 8. The lowest BCUT2D eigenvalue weighted by molar-refractivity contribution is -0.134. The van der Waals surface area contributed by atoms with Crippen molar-refractivity contribution >= 4 is 17.7 Å². The minimum Gasteiger partial charge on any atom is -0.497 e. The molecule has 0 aromatic heterocycles. The number of carbonyl (C=O) groups is 1. The van der Waals surface area contributed by atoms with Gasteiger partial charge in [0.2, 0.25) is 0 Å². The summed E-state index contributed by atoms with van der Waals surface area (Å²) in [5, 5.41) is 0. The Hall–Kier alpha value is -2.34. The summed E-state index contributed by atoms with van der Waals surface area (Å²) in [6.45, 7) is 1.63. The SMILES string of the molecule is COc1ccc(SCC2CCN(C(=O)COc3ccccc3OC)CC2)cc1. The van der Waals surface area contributed by atoms with Crippen molar-refractivity contribution in [3.63, 3.8) is 0 Å².